The number of aliphatic hydroxyl groups excluding tert-OH is 1. The zero-order chi connectivity index (χ0) is 25.7. The van der Waals surface area contributed by atoms with Crippen molar-refractivity contribution in [1.29, 1.82) is 0 Å². The van der Waals surface area contributed by atoms with E-state index < -0.39 is 46.7 Å². The average Bonchev–Trinajstić information content (AvgIpc) is 2.75. The standard InChI is InChI=1S/C27H32O8/c1-12-23(34-13(2)28)21-14-9-18-26(5)8-7-19(30)25(3,4)17(26)11-20(31)27(18,6)35-16(14)10-15(29)22(21)24(32)33-12/h7-8,10,12,17-18,20,23,29,31H,9,11H2,1-6H3. The molecule has 7 atom stereocenters. The maximum absolute atomic E-state index is 12.8. The molecule has 8 nitrogen and oxygen atoms in total. The third kappa shape index (κ3) is 3.11. The second kappa shape index (κ2) is 7.32. The van der Waals surface area contributed by atoms with Crippen molar-refractivity contribution in [3.8, 4) is 11.5 Å². The first-order chi connectivity index (χ1) is 16.2. The van der Waals surface area contributed by atoms with E-state index in [1.54, 1.807) is 13.0 Å². The maximum atomic E-state index is 12.8. The molecule has 2 aliphatic carbocycles. The molecule has 2 aliphatic heterocycles. The molecular formula is C27H32O8. The van der Waals surface area contributed by atoms with Crippen molar-refractivity contribution in [2.24, 2.45) is 22.7 Å². The van der Waals surface area contributed by atoms with Crippen LogP contribution in [0.5, 0.6) is 11.5 Å². The van der Waals surface area contributed by atoms with Crippen molar-refractivity contribution in [2.45, 2.75) is 78.3 Å². The summed E-state index contributed by atoms with van der Waals surface area (Å²) in [5.74, 6) is -1.58. The molecule has 0 spiro atoms. The number of carbonyl (C=O) groups excluding carboxylic acids is 3. The van der Waals surface area contributed by atoms with Crippen LogP contribution in [-0.4, -0.2) is 45.7 Å². The Kier molecular flexibility index (Phi) is 4.99. The minimum absolute atomic E-state index is 0.0294. The second-order valence-corrected chi connectivity index (χ2v) is 11.4. The minimum Gasteiger partial charge on any atom is -0.507 e. The topological polar surface area (TPSA) is 119 Å². The number of aromatic hydroxyl groups is 1. The van der Waals surface area contributed by atoms with E-state index in [1.807, 2.05) is 26.8 Å². The van der Waals surface area contributed by atoms with E-state index in [1.165, 1.54) is 13.0 Å². The number of carbonyl (C=O) groups is 3. The summed E-state index contributed by atoms with van der Waals surface area (Å²) in [5, 5.41) is 22.1. The molecule has 0 radical (unpaired) electrons. The van der Waals surface area contributed by atoms with Gasteiger partial charge in [0.2, 0.25) is 0 Å². The van der Waals surface area contributed by atoms with E-state index >= 15 is 0 Å². The zero-order valence-corrected chi connectivity index (χ0v) is 20.9. The van der Waals surface area contributed by atoms with Crippen LogP contribution in [0.25, 0.3) is 0 Å². The molecular weight excluding hydrogens is 452 g/mol. The largest absolute Gasteiger partial charge is 0.507 e. The minimum atomic E-state index is -1.00. The fourth-order valence-electron chi connectivity index (χ4n) is 7.15. The first kappa shape index (κ1) is 23.9. The molecule has 188 valence electrons. The van der Waals surface area contributed by atoms with E-state index in [2.05, 4.69) is 6.92 Å². The Bertz CT molecular complexity index is 1180. The van der Waals surface area contributed by atoms with Gasteiger partial charge >= 0.3 is 11.9 Å². The number of aliphatic hydroxyl groups is 1. The number of ketones is 1. The van der Waals surface area contributed by atoms with Gasteiger partial charge in [0.25, 0.3) is 0 Å². The van der Waals surface area contributed by atoms with Gasteiger partial charge in [-0.1, -0.05) is 26.8 Å². The number of hydrogen-bond acceptors (Lipinski definition) is 8. The second-order valence-electron chi connectivity index (χ2n) is 11.4. The highest BCUT2D eigenvalue weighted by atomic mass is 16.6. The summed E-state index contributed by atoms with van der Waals surface area (Å²) in [7, 11) is 0. The molecule has 35 heavy (non-hydrogen) atoms. The predicted octanol–water partition coefficient (Wildman–Crippen LogP) is 3.42. The summed E-state index contributed by atoms with van der Waals surface area (Å²) in [4.78, 5) is 37.5. The van der Waals surface area contributed by atoms with Crippen LogP contribution in [0.15, 0.2) is 18.2 Å². The highest BCUT2D eigenvalue weighted by Crippen LogP contribution is 2.63. The fraction of sp³-hybridized carbons (Fsp3) is 0.593. The van der Waals surface area contributed by atoms with Gasteiger partial charge in [-0.05, 0) is 44.1 Å². The van der Waals surface area contributed by atoms with Gasteiger partial charge in [0.1, 0.15) is 28.8 Å². The Labute approximate surface area is 204 Å². The van der Waals surface area contributed by atoms with Crippen LogP contribution in [0.2, 0.25) is 0 Å². The fourth-order valence-corrected chi connectivity index (χ4v) is 7.15. The molecule has 1 fully saturated rings. The Morgan fingerprint density at radius 3 is 2.51 bits per heavy atom. The van der Waals surface area contributed by atoms with Crippen molar-refractivity contribution in [3.05, 3.63) is 34.9 Å². The Hall–Kier alpha value is -2.87. The number of fused-ring (bicyclic) bond motifs is 6. The van der Waals surface area contributed by atoms with Crippen LogP contribution in [0.4, 0.5) is 0 Å². The van der Waals surface area contributed by atoms with Crippen LogP contribution in [0, 0.1) is 22.7 Å². The van der Waals surface area contributed by atoms with Crippen molar-refractivity contribution < 1.29 is 38.8 Å². The number of cyclic esters (lactones) is 1. The SMILES string of the molecule is CC(=O)OC1c2c3c(cc(O)c2C(=O)OC1C)OC1(C)C(O)CC2C(C)(C)C(=O)C=CC2(C)C1C3. The summed E-state index contributed by atoms with van der Waals surface area (Å²) in [5.41, 5.74) is -1.17. The third-order valence-electron chi connectivity index (χ3n) is 9.07. The number of esters is 2. The quantitative estimate of drug-likeness (QED) is 0.582. The lowest BCUT2D eigenvalue weighted by Crippen LogP contribution is -2.67. The lowest BCUT2D eigenvalue weighted by atomic mass is 9.45. The number of ether oxygens (including phenoxy) is 3. The molecule has 2 heterocycles. The zero-order valence-electron chi connectivity index (χ0n) is 20.9. The van der Waals surface area contributed by atoms with Crippen molar-refractivity contribution in [3.63, 3.8) is 0 Å². The monoisotopic (exact) mass is 484 g/mol. The van der Waals surface area contributed by atoms with Gasteiger partial charge in [-0.3, -0.25) is 9.59 Å². The number of phenols is 1. The molecule has 0 saturated heterocycles. The molecule has 7 unspecified atom stereocenters. The summed E-state index contributed by atoms with van der Waals surface area (Å²) < 4.78 is 17.4. The Balaban J connectivity index is 1.72. The molecule has 0 amide bonds. The van der Waals surface area contributed by atoms with Crippen LogP contribution in [0.1, 0.15) is 75.6 Å². The van der Waals surface area contributed by atoms with Crippen LogP contribution in [0.3, 0.4) is 0 Å². The first-order valence-corrected chi connectivity index (χ1v) is 12.1. The summed E-state index contributed by atoms with van der Waals surface area (Å²) >= 11 is 0. The predicted molar refractivity (Wildman–Crippen MR) is 124 cm³/mol. The third-order valence-corrected chi connectivity index (χ3v) is 9.07. The van der Waals surface area contributed by atoms with Crippen molar-refractivity contribution >= 4 is 17.7 Å². The number of benzene rings is 1. The Morgan fingerprint density at radius 2 is 1.86 bits per heavy atom. The molecule has 1 saturated carbocycles. The van der Waals surface area contributed by atoms with Gasteiger partial charge in [0, 0.05) is 35.4 Å². The van der Waals surface area contributed by atoms with Gasteiger partial charge < -0.3 is 24.4 Å². The number of rotatable bonds is 1. The normalized spacial score (nSPS) is 38.8. The lowest BCUT2D eigenvalue weighted by Gasteiger charge is -2.62. The number of allylic oxidation sites excluding steroid dienone is 2. The van der Waals surface area contributed by atoms with Crippen molar-refractivity contribution in [1.82, 2.24) is 0 Å². The van der Waals surface area contributed by atoms with E-state index in [0.29, 0.717) is 29.7 Å². The lowest BCUT2D eigenvalue weighted by molar-refractivity contribution is -0.190. The summed E-state index contributed by atoms with van der Waals surface area (Å²) in [6.07, 6.45) is 1.83. The van der Waals surface area contributed by atoms with E-state index in [-0.39, 0.29) is 28.9 Å². The molecule has 0 bridgehead atoms. The summed E-state index contributed by atoms with van der Waals surface area (Å²) in [6.45, 7) is 10.7. The van der Waals surface area contributed by atoms with Crippen LogP contribution >= 0.6 is 0 Å². The number of phenolic OH excluding ortho intramolecular Hbond substituents is 1. The van der Waals surface area contributed by atoms with Gasteiger partial charge in [0.15, 0.2) is 11.9 Å². The van der Waals surface area contributed by atoms with Crippen LogP contribution < -0.4 is 4.74 Å². The molecule has 1 aromatic rings. The molecule has 2 N–H and O–H groups in total. The average molecular weight is 485 g/mol. The van der Waals surface area contributed by atoms with Gasteiger partial charge in [0.05, 0.1) is 6.10 Å². The Morgan fingerprint density at radius 1 is 1.17 bits per heavy atom. The van der Waals surface area contributed by atoms with E-state index in [4.69, 9.17) is 14.2 Å². The molecule has 0 aromatic heterocycles. The highest BCUT2D eigenvalue weighted by molar-refractivity contribution is 5.97. The molecule has 4 aliphatic rings. The summed E-state index contributed by atoms with van der Waals surface area (Å²) in [6, 6.07) is 1.38. The van der Waals surface area contributed by atoms with Gasteiger partial charge in [-0.2, -0.15) is 0 Å². The van der Waals surface area contributed by atoms with Gasteiger partial charge in [-0.15, -0.1) is 0 Å². The van der Waals surface area contributed by atoms with Crippen molar-refractivity contribution in [2.75, 3.05) is 0 Å². The first-order valence-electron chi connectivity index (χ1n) is 12.1. The smallest absolute Gasteiger partial charge is 0.342 e. The molecule has 8 heteroatoms. The molecule has 5 rings (SSSR count). The van der Waals surface area contributed by atoms with Gasteiger partial charge in [-0.25, -0.2) is 4.79 Å². The van der Waals surface area contributed by atoms with E-state index in [9.17, 15) is 24.6 Å². The van der Waals surface area contributed by atoms with Crippen LogP contribution in [-0.2, 0) is 25.5 Å². The highest BCUT2D eigenvalue weighted by Gasteiger charge is 2.65. The van der Waals surface area contributed by atoms with E-state index in [0.717, 1.165) is 0 Å². The number of hydrogen-bond donors (Lipinski definition) is 2. The maximum Gasteiger partial charge on any atom is 0.342 e. The molecule has 1 aromatic carbocycles.